The summed E-state index contributed by atoms with van der Waals surface area (Å²) in [4.78, 5) is 53.2. The Hall–Kier alpha value is -2.58. The van der Waals surface area contributed by atoms with Gasteiger partial charge in [0.2, 0.25) is 19.2 Å². The lowest BCUT2D eigenvalue weighted by atomic mass is 9.85. The Morgan fingerprint density at radius 3 is 2.56 bits per heavy atom. The van der Waals surface area contributed by atoms with E-state index in [1.165, 1.54) is 4.90 Å². The first-order chi connectivity index (χ1) is 19.3. The van der Waals surface area contributed by atoms with Gasteiger partial charge in [-0.05, 0) is 62.9 Å². The number of ether oxygens (including phenoxy) is 2. The first-order valence-corrected chi connectivity index (χ1v) is 16.6. The zero-order chi connectivity index (χ0) is 30.0. The van der Waals surface area contributed by atoms with Gasteiger partial charge >= 0.3 is 6.09 Å². The van der Waals surface area contributed by atoms with Gasteiger partial charge in [0.15, 0.2) is 0 Å². The van der Waals surface area contributed by atoms with Crippen molar-refractivity contribution in [1.29, 1.82) is 0 Å². The number of carbonyl (C=O) groups is 3. The molecule has 0 aromatic rings. The van der Waals surface area contributed by atoms with Crippen molar-refractivity contribution < 1.29 is 33.3 Å². The van der Waals surface area contributed by atoms with Gasteiger partial charge in [-0.3, -0.25) is 14.2 Å². The topological polar surface area (TPSA) is 134 Å². The second-order valence-electron chi connectivity index (χ2n) is 12.9. The molecular weight excluding hydrogens is 545 g/mol. The number of nitrogens with zero attached hydrogens (tertiary/aromatic N) is 1. The zero-order valence-electron chi connectivity index (χ0n) is 24.8. The molecule has 4 rings (SSSR count). The van der Waals surface area contributed by atoms with E-state index in [-0.39, 0.29) is 30.0 Å². The molecule has 3 aliphatic carbocycles. The highest BCUT2D eigenvalue weighted by atomic mass is 31.2. The Morgan fingerprint density at radius 2 is 1.95 bits per heavy atom. The van der Waals surface area contributed by atoms with Crippen molar-refractivity contribution in [2.75, 3.05) is 19.8 Å². The molecule has 0 aromatic heterocycles. The Bertz CT molecular complexity index is 1140. The van der Waals surface area contributed by atoms with Crippen molar-refractivity contribution in [3.8, 4) is 0 Å². The van der Waals surface area contributed by atoms with Crippen LogP contribution in [0.2, 0.25) is 0 Å². The molecule has 0 spiro atoms. The molecule has 3 N–H and O–H groups in total. The number of hydrogen-bond acceptors (Lipinski definition) is 6. The molecule has 1 saturated heterocycles. The van der Waals surface area contributed by atoms with Crippen molar-refractivity contribution in [3.05, 3.63) is 36.6 Å². The van der Waals surface area contributed by atoms with Crippen LogP contribution >= 0.6 is 7.37 Å². The van der Waals surface area contributed by atoms with Crippen LogP contribution in [0.5, 0.6) is 0 Å². The average molecular weight is 592 g/mol. The third-order valence-electron chi connectivity index (χ3n) is 8.94. The normalized spacial score (nSPS) is 30.1. The fraction of sp³-hybridized carbons (Fsp3) is 0.700. The van der Waals surface area contributed by atoms with Gasteiger partial charge in [-0.1, -0.05) is 39.0 Å². The standard InChI is InChI=1S/C30H46N3O7P/c1-6-21-18-30(21,41(37,38)19-20-12-7-10-16-24(20)39-5)32-26(34)23-15-11-17-33(23)27(35)25(29(2,3)4)31-28(36)40-22-13-8-9-14-22/h6-7,10,16,20-23,25H,1,8-9,11-15,17-19H2,2-5H3,(H,31,36)(H,32,34)(H,37,38)/t20?,21-,23+,25-,30+/m1/s1. The molecule has 41 heavy (non-hydrogen) atoms. The molecule has 1 heterocycles. The van der Waals surface area contributed by atoms with E-state index in [4.69, 9.17) is 9.47 Å². The summed E-state index contributed by atoms with van der Waals surface area (Å²) in [5.41, 5.74) is -0.636. The minimum absolute atomic E-state index is 0.0337. The highest BCUT2D eigenvalue weighted by Gasteiger charge is 2.66. The molecule has 0 bridgehead atoms. The summed E-state index contributed by atoms with van der Waals surface area (Å²) in [6.07, 6.45) is 12.0. The van der Waals surface area contributed by atoms with E-state index >= 15 is 0 Å². The Morgan fingerprint density at radius 1 is 1.24 bits per heavy atom. The average Bonchev–Trinajstić information content (AvgIpc) is 3.24. The van der Waals surface area contributed by atoms with Crippen LogP contribution in [-0.4, -0.2) is 71.0 Å². The van der Waals surface area contributed by atoms with Crippen LogP contribution in [0.4, 0.5) is 4.79 Å². The van der Waals surface area contributed by atoms with Gasteiger partial charge in [-0.2, -0.15) is 0 Å². The van der Waals surface area contributed by atoms with E-state index in [2.05, 4.69) is 17.2 Å². The molecule has 2 saturated carbocycles. The second-order valence-corrected chi connectivity index (χ2v) is 15.5. The number of nitrogens with one attached hydrogen (secondary N) is 2. The van der Waals surface area contributed by atoms with Crippen LogP contribution in [0.1, 0.15) is 72.1 Å². The Balaban J connectivity index is 1.47. The first kappa shape index (κ1) is 31.4. The number of methoxy groups -OCH3 is 1. The van der Waals surface area contributed by atoms with E-state index < -0.39 is 42.1 Å². The predicted octanol–water partition coefficient (Wildman–Crippen LogP) is 4.46. The summed E-state index contributed by atoms with van der Waals surface area (Å²) in [7, 11) is -2.38. The number of rotatable bonds is 10. The molecule has 6 atom stereocenters. The molecule has 3 fully saturated rings. The number of likely N-dealkylation sites (tertiary alicyclic amines) is 1. The molecule has 2 unspecified atom stereocenters. The molecule has 4 aliphatic rings. The van der Waals surface area contributed by atoms with Crippen molar-refractivity contribution in [2.24, 2.45) is 17.3 Å². The summed E-state index contributed by atoms with van der Waals surface area (Å²) in [6, 6.07) is -1.71. The lowest BCUT2D eigenvalue weighted by Gasteiger charge is -2.36. The first-order valence-electron chi connectivity index (χ1n) is 14.8. The highest BCUT2D eigenvalue weighted by Crippen LogP contribution is 2.70. The molecule has 1 aliphatic heterocycles. The van der Waals surface area contributed by atoms with Crippen LogP contribution in [0.3, 0.4) is 0 Å². The minimum Gasteiger partial charge on any atom is -0.501 e. The highest BCUT2D eigenvalue weighted by molar-refractivity contribution is 7.60. The number of hydrogen-bond donors (Lipinski definition) is 3. The van der Waals surface area contributed by atoms with Crippen molar-refractivity contribution in [1.82, 2.24) is 15.5 Å². The molecule has 0 aromatic carbocycles. The SMILES string of the molecule is C=C[C@@H]1C[C@]1(NC(=O)[C@@H]1CCCN1C(=O)[C@@H](NC(=O)OC1CCCC1)C(C)(C)C)P(=O)(O)CC1CC=CC=C1OC. The number of allylic oxidation sites excluding steroid dienone is 4. The maximum atomic E-state index is 13.9. The van der Waals surface area contributed by atoms with E-state index in [1.807, 2.05) is 32.9 Å². The molecular formula is C30H46N3O7P. The maximum absolute atomic E-state index is 13.9. The minimum atomic E-state index is -3.93. The maximum Gasteiger partial charge on any atom is 0.408 e. The van der Waals surface area contributed by atoms with Crippen LogP contribution in [0.25, 0.3) is 0 Å². The Kier molecular flexibility index (Phi) is 9.44. The van der Waals surface area contributed by atoms with Gasteiger partial charge in [-0.25, -0.2) is 4.79 Å². The number of carbonyl (C=O) groups excluding carboxylic acids is 3. The molecule has 3 amide bonds. The number of alkyl carbamates (subject to hydrolysis) is 1. The molecule has 10 nitrogen and oxygen atoms in total. The lowest BCUT2D eigenvalue weighted by Crippen LogP contribution is -2.58. The third-order valence-corrected chi connectivity index (χ3v) is 11.8. The van der Waals surface area contributed by atoms with Gasteiger partial charge in [0.25, 0.3) is 0 Å². The molecule has 0 radical (unpaired) electrons. The van der Waals surface area contributed by atoms with Gasteiger partial charge < -0.3 is 29.9 Å². The monoisotopic (exact) mass is 591 g/mol. The van der Waals surface area contributed by atoms with E-state index in [0.717, 1.165) is 25.7 Å². The Labute approximate surface area is 243 Å². The second kappa shape index (κ2) is 12.3. The summed E-state index contributed by atoms with van der Waals surface area (Å²) in [6.45, 7) is 9.75. The van der Waals surface area contributed by atoms with Gasteiger partial charge in [0, 0.05) is 24.5 Å². The largest absolute Gasteiger partial charge is 0.501 e. The van der Waals surface area contributed by atoms with Crippen molar-refractivity contribution in [3.63, 3.8) is 0 Å². The summed E-state index contributed by atoms with van der Waals surface area (Å²) < 4.78 is 24.9. The van der Waals surface area contributed by atoms with Crippen LogP contribution < -0.4 is 10.6 Å². The van der Waals surface area contributed by atoms with Gasteiger partial charge in [0.05, 0.1) is 12.9 Å². The van der Waals surface area contributed by atoms with Crippen LogP contribution in [0.15, 0.2) is 36.6 Å². The molecule has 11 heteroatoms. The summed E-state index contributed by atoms with van der Waals surface area (Å²) in [5, 5.41) is 4.37. The van der Waals surface area contributed by atoms with E-state index in [9.17, 15) is 23.8 Å². The fourth-order valence-corrected chi connectivity index (χ4v) is 9.07. The van der Waals surface area contributed by atoms with Gasteiger partial charge in [-0.15, -0.1) is 6.58 Å². The van der Waals surface area contributed by atoms with E-state index in [0.29, 0.717) is 38.0 Å². The molecule has 228 valence electrons. The van der Waals surface area contributed by atoms with Crippen LogP contribution in [0, 0.1) is 17.3 Å². The number of amides is 3. The smallest absolute Gasteiger partial charge is 0.408 e. The van der Waals surface area contributed by atoms with Crippen molar-refractivity contribution in [2.45, 2.75) is 95.6 Å². The zero-order valence-corrected chi connectivity index (χ0v) is 25.7. The predicted molar refractivity (Wildman–Crippen MR) is 156 cm³/mol. The van der Waals surface area contributed by atoms with Gasteiger partial charge in [0.1, 0.15) is 23.5 Å². The van der Waals surface area contributed by atoms with E-state index in [1.54, 1.807) is 19.3 Å². The lowest BCUT2D eigenvalue weighted by molar-refractivity contribution is -0.142. The summed E-state index contributed by atoms with van der Waals surface area (Å²) in [5.74, 6) is -0.802. The quantitative estimate of drug-likeness (QED) is 0.252. The third kappa shape index (κ3) is 6.75. The summed E-state index contributed by atoms with van der Waals surface area (Å²) >= 11 is 0. The fourth-order valence-electron chi connectivity index (χ4n) is 6.43. The van der Waals surface area contributed by atoms with Crippen molar-refractivity contribution >= 4 is 25.3 Å². The van der Waals surface area contributed by atoms with Crippen LogP contribution in [-0.2, 0) is 23.6 Å².